The number of pyridine rings is 1. The van der Waals surface area contributed by atoms with Gasteiger partial charge < -0.3 is 4.74 Å². The van der Waals surface area contributed by atoms with Gasteiger partial charge in [0.25, 0.3) is 0 Å². The number of aromatic nitrogens is 3. The first kappa shape index (κ1) is 14.6. The summed E-state index contributed by atoms with van der Waals surface area (Å²) in [7, 11) is 0. The molecule has 0 aliphatic carbocycles. The lowest BCUT2D eigenvalue weighted by molar-refractivity contribution is 0.464. The van der Waals surface area contributed by atoms with Crippen LogP contribution >= 0.6 is 11.6 Å². The van der Waals surface area contributed by atoms with Gasteiger partial charge in [0.15, 0.2) is 5.82 Å². The van der Waals surface area contributed by atoms with Crippen LogP contribution in [0, 0.1) is 0 Å². The van der Waals surface area contributed by atoms with Crippen LogP contribution in [-0.2, 0) is 0 Å². The molecule has 2 aromatic heterocycles. The molecule has 0 aliphatic rings. The summed E-state index contributed by atoms with van der Waals surface area (Å²) in [4.78, 5) is 13.4. The first-order valence-electron chi connectivity index (χ1n) is 7.41. The summed E-state index contributed by atoms with van der Waals surface area (Å²) in [5, 5.41) is 1.52. The molecule has 4 aromatic rings. The van der Waals surface area contributed by atoms with E-state index in [1.54, 1.807) is 24.4 Å². The smallest absolute Gasteiger partial charge is 0.219 e. The minimum absolute atomic E-state index is 0.442. The van der Waals surface area contributed by atoms with Crippen molar-refractivity contribution in [1.82, 2.24) is 15.0 Å². The highest BCUT2D eigenvalue weighted by Gasteiger charge is 2.08. The molecule has 0 aliphatic heterocycles. The van der Waals surface area contributed by atoms with Gasteiger partial charge in [0.1, 0.15) is 11.4 Å². The lowest BCUT2D eigenvalue weighted by Crippen LogP contribution is -1.94. The summed E-state index contributed by atoms with van der Waals surface area (Å²) >= 11 is 6.12. The van der Waals surface area contributed by atoms with E-state index in [0.29, 0.717) is 28.2 Å². The van der Waals surface area contributed by atoms with Crippen LogP contribution in [0.5, 0.6) is 11.6 Å². The van der Waals surface area contributed by atoms with E-state index in [1.165, 1.54) is 0 Å². The van der Waals surface area contributed by atoms with Crippen molar-refractivity contribution in [2.75, 3.05) is 0 Å². The summed E-state index contributed by atoms with van der Waals surface area (Å²) < 4.78 is 5.76. The second-order valence-corrected chi connectivity index (χ2v) is 5.55. The number of benzene rings is 2. The Bertz CT molecular complexity index is 1020. The average Bonchev–Trinajstić information content (AvgIpc) is 2.63. The highest BCUT2D eigenvalue weighted by molar-refractivity contribution is 6.32. The number of hydrogen-bond donors (Lipinski definition) is 0. The highest BCUT2D eigenvalue weighted by Crippen LogP contribution is 2.28. The van der Waals surface area contributed by atoms with E-state index in [9.17, 15) is 0 Å². The third-order valence-corrected chi connectivity index (χ3v) is 3.81. The summed E-state index contributed by atoms with van der Waals surface area (Å²) in [5.41, 5.74) is 1.52. The van der Waals surface area contributed by atoms with Crippen molar-refractivity contribution in [1.29, 1.82) is 0 Å². The number of rotatable bonds is 3. The molecule has 0 fully saturated rings. The summed E-state index contributed by atoms with van der Waals surface area (Å²) in [6, 6.07) is 20.6. The van der Waals surface area contributed by atoms with Crippen molar-refractivity contribution >= 4 is 22.5 Å². The Balaban J connectivity index is 1.70. The first-order valence-corrected chi connectivity index (χ1v) is 7.79. The van der Waals surface area contributed by atoms with E-state index in [4.69, 9.17) is 16.3 Å². The van der Waals surface area contributed by atoms with Crippen molar-refractivity contribution in [3.05, 3.63) is 77.9 Å². The fraction of sp³-hybridized carbons (Fsp3) is 0. The van der Waals surface area contributed by atoms with Crippen LogP contribution in [0.4, 0.5) is 0 Å². The lowest BCUT2D eigenvalue weighted by Gasteiger charge is -2.07. The molecule has 0 N–H and O–H groups in total. The van der Waals surface area contributed by atoms with Gasteiger partial charge in [-0.3, -0.25) is 0 Å². The van der Waals surface area contributed by atoms with Crippen LogP contribution < -0.4 is 4.74 Å². The third kappa shape index (κ3) is 2.92. The van der Waals surface area contributed by atoms with Crippen molar-refractivity contribution in [2.24, 2.45) is 0 Å². The van der Waals surface area contributed by atoms with E-state index in [1.807, 2.05) is 48.5 Å². The molecule has 0 atom stereocenters. The Morgan fingerprint density at radius 2 is 1.62 bits per heavy atom. The van der Waals surface area contributed by atoms with E-state index < -0.39 is 0 Å². The zero-order valence-electron chi connectivity index (χ0n) is 12.6. The minimum Gasteiger partial charge on any atom is -0.437 e. The SMILES string of the molecule is Clc1ccccc1Oc1cccc(-c2ncc3ccccc3n2)n1. The van der Waals surface area contributed by atoms with E-state index in [0.717, 1.165) is 10.9 Å². The molecule has 0 spiro atoms. The number of nitrogens with zero attached hydrogens (tertiary/aromatic N) is 3. The van der Waals surface area contributed by atoms with Crippen LogP contribution in [0.1, 0.15) is 0 Å². The Kier molecular flexibility index (Phi) is 3.81. The van der Waals surface area contributed by atoms with E-state index >= 15 is 0 Å². The molecule has 116 valence electrons. The molecular formula is C19H12ClN3O. The number of para-hydroxylation sites is 2. The molecule has 4 rings (SSSR count). The molecule has 24 heavy (non-hydrogen) atoms. The third-order valence-electron chi connectivity index (χ3n) is 3.49. The van der Waals surface area contributed by atoms with Gasteiger partial charge in [-0.15, -0.1) is 0 Å². The van der Waals surface area contributed by atoms with Crippen LogP contribution in [0.2, 0.25) is 5.02 Å². The van der Waals surface area contributed by atoms with Gasteiger partial charge in [0.05, 0.1) is 10.5 Å². The topological polar surface area (TPSA) is 47.9 Å². The van der Waals surface area contributed by atoms with Crippen molar-refractivity contribution < 1.29 is 4.74 Å². The number of fused-ring (bicyclic) bond motifs is 1. The van der Waals surface area contributed by atoms with Crippen LogP contribution in [-0.4, -0.2) is 15.0 Å². The fourth-order valence-corrected chi connectivity index (χ4v) is 2.51. The van der Waals surface area contributed by atoms with Gasteiger partial charge in [-0.05, 0) is 24.3 Å². The molecule has 0 amide bonds. The molecule has 0 unspecified atom stereocenters. The van der Waals surface area contributed by atoms with Gasteiger partial charge >= 0.3 is 0 Å². The molecule has 0 radical (unpaired) electrons. The normalized spacial score (nSPS) is 10.7. The maximum atomic E-state index is 6.12. The van der Waals surface area contributed by atoms with Crippen LogP contribution in [0.3, 0.4) is 0 Å². The number of halogens is 1. The second-order valence-electron chi connectivity index (χ2n) is 5.15. The van der Waals surface area contributed by atoms with Crippen molar-refractivity contribution in [2.45, 2.75) is 0 Å². The maximum Gasteiger partial charge on any atom is 0.219 e. The van der Waals surface area contributed by atoms with Gasteiger partial charge in [-0.25, -0.2) is 15.0 Å². The Hall–Kier alpha value is -2.98. The van der Waals surface area contributed by atoms with Gasteiger partial charge in [-0.1, -0.05) is 48.0 Å². The molecule has 0 saturated heterocycles. The monoisotopic (exact) mass is 333 g/mol. The van der Waals surface area contributed by atoms with Crippen LogP contribution in [0.25, 0.3) is 22.4 Å². The quantitative estimate of drug-likeness (QED) is 0.521. The first-order chi connectivity index (χ1) is 11.8. The predicted octanol–water partition coefficient (Wildman–Crippen LogP) is 5.14. The lowest BCUT2D eigenvalue weighted by atomic mass is 10.2. The molecule has 0 saturated carbocycles. The zero-order valence-corrected chi connectivity index (χ0v) is 13.3. The molecule has 2 heterocycles. The second kappa shape index (κ2) is 6.26. The predicted molar refractivity (Wildman–Crippen MR) is 94.3 cm³/mol. The fourth-order valence-electron chi connectivity index (χ4n) is 2.33. The molecule has 0 bridgehead atoms. The molecule has 4 nitrogen and oxygen atoms in total. The summed E-state index contributed by atoms with van der Waals surface area (Å²) in [6.45, 7) is 0. The van der Waals surface area contributed by atoms with Crippen molar-refractivity contribution in [3.63, 3.8) is 0 Å². The molecule has 2 aromatic carbocycles. The molecular weight excluding hydrogens is 322 g/mol. The minimum atomic E-state index is 0.442. The zero-order chi connectivity index (χ0) is 16.4. The average molecular weight is 334 g/mol. The standard InChI is InChI=1S/C19H12ClN3O/c20-14-7-2-4-10-17(14)24-18-11-5-9-16(22-18)19-21-12-13-6-1-3-8-15(13)23-19/h1-12H. The highest BCUT2D eigenvalue weighted by atomic mass is 35.5. The Morgan fingerprint density at radius 3 is 2.54 bits per heavy atom. The Labute approximate surface area is 143 Å². The summed E-state index contributed by atoms with van der Waals surface area (Å²) in [6.07, 6.45) is 1.79. The van der Waals surface area contributed by atoms with Gasteiger partial charge in [0.2, 0.25) is 5.88 Å². The largest absolute Gasteiger partial charge is 0.437 e. The van der Waals surface area contributed by atoms with Gasteiger partial charge in [0, 0.05) is 17.6 Å². The molecule has 5 heteroatoms. The maximum absolute atomic E-state index is 6.12. The van der Waals surface area contributed by atoms with E-state index in [2.05, 4.69) is 15.0 Å². The number of hydrogen-bond acceptors (Lipinski definition) is 4. The van der Waals surface area contributed by atoms with Crippen LogP contribution in [0.15, 0.2) is 72.9 Å². The summed E-state index contributed by atoms with van der Waals surface area (Å²) in [5.74, 6) is 1.55. The van der Waals surface area contributed by atoms with Gasteiger partial charge in [-0.2, -0.15) is 0 Å². The van der Waals surface area contributed by atoms with E-state index in [-0.39, 0.29) is 0 Å². The van der Waals surface area contributed by atoms with Crippen molar-refractivity contribution in [3.8, 4) is 23.1 Å². The number of ether oxygens (including phenoxy) is 1. The Morgan fingerprint density at radius 1 is 0.792 bits per heavy atom.